The fourth-order valence-corrected chi connectivity index (χ4v) is 2.76. The summed E-state index contributed by atoms with van der Waals surface area (Å²) < 4.78 is 2.82. The van der Waals surface area contributed by atoms with Crippen LogP contribution >= 0.6 is 23.8 Å². The minimum absolute atomic E-state index is 0.710. The molecule has 19 heavy (non-hydrogen) atoms. The predicted molar refractivity (Wildman–Crippen MR) is 82.3 cm³/mol. The number of aromatic nitrogens is 2. The van der Waals surface area contributed by atoms with Gasteiger partial charge in [-0.25, -0.2) is 0 Å². The van der Waals surface area contributed by atoms with Crippen LogP contribution in [0, 0.1) is 4.77 Å². The molecular formula is C15H13ClN2S. The highest BCUT2D eigenvalue weighted by Gasteiger charge is 2.06. The summed E-state index contributed by atoms with van der Waals surface area (Å²) in [6.07, 6.45) is 0.953. The first kappa shape index (κ1) is 12.5. The van der Waals surface area contributed by atoms with Gasteiger partial charge in [0.05, 0.1) is 16.1 Å². The number of H-pyrrole nitrogens is 1. The Kier molecular flexibility index (Phi) is 3.40. The quantitative estimate of drug-likeness (QED) is 0.699. The average Bonchev–Trinajstić information content (AvgIpc) is 2.75. The summed E-state index contributed by atoms with van der Waals surface area (Å²) in [5.74, 6) is 0. The number of para-hydroxylation sites is 1. The van der Waals surface area contributed by atoms with E-state index in [9.17, 15) is 0 Å². The van der Waals surface area contributed by atoms with Gasteiger partial charge in [-0.2, -0.15) is 0 Å². The molecule has 0 saturated carbocycles. The molecule has 0 unspecified atom stereocenters. The highest BCUT2D eigenvalue weighted by atomic mass is 35.5. The minimum atomic E-state index is 0.710. The number of imidazole rings is 1. The second-order valence-corrected chi connectivity index (χ2v) is 5.25. The zero-order valence-electron chi connectivity index (χ0n) is 10.3. The molecule has 96 valence electrons. The van der Waals surface area contributed by atoms with Crippen molar-refractivity contribution in [3.63, 3.8) is 0 Å². The van der Waals surface area contributed by atoms with E-state index in [1.165, 1.54) is 5.56 Å². The molecule has 3 rings (SSSR count). The van der Waals surface area contributed by atoms with Crippen LogP contribution in [0.2, 0.25) is 5.02 Å². The maximum atomic E-state index is 6.17. The summed E-state index contributed by atoms with van der Waals surface area (Å²) in [7, 11) is 0. The molecule has 1 aromatic heterocycles. The summed E-state index contributed by atoms with van der Waals surface area (Å²) in [5.41, 5.74) is 3.29. The predicted octanol–water partition coefficient (Wildman–Crippen LogP) is 4.59. The summed E-state index contributed by atoms with van der Waals surface area (Å²) in [6.45, 7) is 0.850. The number of benzene rings is 2. The second-order valence-electron chi connectivity index (χ2n) is 4.45. The number of halogens is 1. The largest absolute Gasteiger partial charge is 0.329 e. The molecule has 1 N–H and O–H groups in total. The molecule has 3 aromatic rings. The van der Waals surface area contributed by atoms with Gasteiger partial charge in [0.25, 0.3) is 0 Å². The third kappa shape index (κ3) is 2.44. The number of hydrogen-bond donors (Lipinski definition) is 1. The Morgan fingerprint density at radius 2 is 1.84 bits per heavy atom. The number of rotatable bonds is 3. The lowest BCUT2D eigenvalue weighted by molar-refractivity contribution is 0.706. The molecule has 2 aromatic carbocycles. The maximum absolute atomic E-state index is 6.17. The Morgan fingerprint density at radius 3 is 2.63 bits per heavy atom. The zero-order chi connectivity index (χ0) is 13.2. The van der Waals surface area contributed by atoms with Crippen LogP contribution in [0.1, 0.15) is 5.56 Å². The number of hydrogen-bond acceptors (Lipinski definition) is 1. The standard InChI is InChI=1S/C15H13ClN2S/c16-12-7-4-8-13-14(12)17-15(19)18(13)10-9-11-5-2-1-3-6-11/h1-8H,9-10H2,(H,17,19). The summed E-state index contributed by atoms with van der Waals surface area (Å²) >= 11 is 11.5. The topological polar surface area (TPSA) is 20.7 Å². The van der Waals surface area contributed by atoms with Crippen molar-refractivity contribution < 1.29 is 0 Å². The van der Waals surface area contributed by atoms with Crippen LogP contribution in [0.5, 0.6) is 0 Å². The SMILES string of the molecule is S=c1[nH]c2c(Cl)cccc2n1CCc1ccccc1. The highest BCUT2D eigenvalue weighted by molar-refractivity contribution is 7.71. The van der Waals surface area contributed by atoms with Crippen molar-refractivity contribution in [3.8, 4) is 0 Å². The molecule has 4 heteroatoms. The molecule has 0 radical (unpaired) electrons. The van der Waals surface area contributed by atoms with Crippen LogP contribution in [-0.2, 0) is 13.0 Å². The Balaban J connectivity index is 1.95. The molecular weight excluding hydrogens is 276 g/mol. The number of nitrogens with zero attached hydrogens (tertiary/aromatic N) is 1. The minimum Gasteiger partial charge on any atom is -0.329 e. The van der Waals surface area contributed by atoms with Crippen LogP contribution in [-0.4, -0.2) is 9.55 Å². The lowest BCUT2D eigenvalue weighted by atomic mass is 10.1. The molecule has 0 atom stereocenters. The Bertz CT molecular complexity index is 759. The van der Waals surface area contributed by atoms with Gasteiger partial charge in [-0.05, 0) is 36.3 Å². The van der Waals surface area contributed by atoms with Crippen molar-refractivity contribution in [2.24, 2.45) is 0 Å². The van der Waals surface area contributed by atoms with E-state index in [1.54, 1.807) is 0 Å². The lowest BCUT2D eigenvalue weighted by Gasteiger charge is -2.05. The zero-order valence-corrected chi connectivity index (χ0v) is 11.8. The smallest absolute Gasteiger partial charge is 0.178 e. The fraction of sp³-hybridized carbons (Fsp3) is 0.133. The van der Waals surface area contributed by atoms with Crippen molar-refractivity contribution in [3.05, 3.63) is 63.9 Å². The van der Waals surface area contributed by atoms with Crippen LogP contribution in [0.25, 0.3) is 11.0 Å². The van der Waals surface area contributed by atoms with Gasteiger partial charge in [0.15, 0.2) is 4.77 Å². The maximum Gasteiger partial charge on any atom is 0.178 e. The third-order valence-electron chi connectivity index (χ3n) is 3.23. The first-order valence-corrected chi connectivity index (χ1v) is 6.95. The van der Waals surface area contributed by atoms with Gasteiger partial charge >= 0.3 is 0 Å². The van der Waals surface area contributed by atoms with Crippen LogP contribution in [0.3, 0.4) is 0 Å². The monoisotopic (exact) mass is 288 g/mol. The molecule has 0 aliphatic rings. The second kappa shape index (κ2) is 5.19. The van der Waals surface area contributed by atoms with Gasteiger partial charge in [0.2, 0.25) is 0 Å². The Hall–Kier alpha value is -1.58. The van der Waals surface area contributed by atoms with Crippen LogP contribution < -0.4 is 0 Å². The molecule has 0 spiro atoms. The molecule has 0 aliphatic carbocycles. The molecule has 1 heterocycles. The third-order valence-corrected chi connectivity index (χ3v) is 3.86. The first-order valence-electron chi connectivity index (χ1n) is 6.16. The summed E-state index contributed by atoms with van der Waals surface area (Å²) in [6, 6.07) is 16.3. The van der Waals surface area contributed by atoms with E-state index >= 15 is 0 Å². The van der Waals surface area contributed by atoms with Crippen molar-refractivity contribution in [1.82, 2.24) is 9.55 Å². The Labute approximate surface area is 121 Å². The first-order chi connectivity index (χ1) is 9.25. The molecule has 2 nitrogen and oxygen atoms in total. The molecule has 0 amide bonds. The average molecular weight is 289 g/mol. The van der Waals surface area contributed by atoms with Crippen molar-refractivity contribution in [2.75, 3.05) is 0 Å². The van der Waals surface area contributed by atoms with Gasteiger partial charge in [-0.3, -0.25) is 0 Å². The van der Waals surface area contributed by atoms with Crippen LogP contribution in [0.4, 0.5) is 0 Å². The number of aromatic amines is 1. The lowest BCUT2D eigenvalue weighted by Crippen LogP contribution is -2.01. The van der Waals surface area contributed by atoms with E-state index in [0.717, 1.165) is 28.8 Å². The molecule has 0 saturated heterocycles. The molecule has 0 aliphatic heterocycles. The number of aryl methyl sites for hydroxylation is 2. The van der Waals surface area contributed by atoms with Gasteiger partial charge in [0, 0.05) is 6.54 Å². The van der Waals surface area contributed by atoms with Crippen molar-refractivity contribution in [1.29, 1.82) is 0 Å². The van der Waals surface area contributed by atoms with Gasteiger partial charge in [0.1, 0.15) is 0 Å². The van der Waals surface area contributed by atoms with Gasteiger partial charge in [-0.15, -0.1) is 0 Å². The fourth-order valence-electron chi connectivity index (χ4n) is 2.25. The van der Waals surface area contributed by atoms with Crippen molar-refractivity contribution >= 4 is 34.9 Å². The molecule has 0 fully saturated rings. The van der Waals surface area contributed by atoms with Crippen LogP contribution in [0.15, 0.2) is 48.5 Å². The van der Waals surface area contributed by atoms with E-state index < -0.39 is 0 Å². The van der Waals surface area contributed by atoms with E-state index in [-0.39, 0.29) is 0 Å². The van der Waals surface area contributed by atoms with E-state index in [0.29, 0.717) is 5.02 Å². The van der Waals surface area contributed by atoms with E-state index in [2.05, 4.69) is 33.8 Å². The number of fused-ring (bicyclic) bond motifs is 1. The van der Waals surface area contributed by atoms with Gasteiger partial charge in [-0.1, -0.05) is 48.0 Å². The Morgan fingerprint density at radius 1 is 1.05 bits per heavy atom. The molecule has 0 bridgehead atoms. The van der Waals surface area contributed by atoms with Gasteiger partial charge < -0.3 is 9.55 Å². The van der Waals surface area contributed by atoms with Crippen molar-refractivity contribution in [2.45, 2.75) is 13.0 Å². The summed E-state index contributed by atoms with van der Waals surface area (Å²) in [4.78, 5) is 3.18. The normalized spacial score (nSPS) is 11.0. The van der Waals surface area contributed by atoms with E-state index in [1.807, 2.05) is 24.3 Å². The highest BCUT2D eigenvalue weighted by Crippen LogP contribution is 2.22. The van der Waals surface area contributed by atoms with E-state index in [4.69, 9.17) is 23.8 Å². The number of nitrogens with one attached hydrogen (secondary N) is 1. The summed E-state index contributed by atoms with van der Waals surface area (Å²) in [5, 5.41) is 0.710.